The Morgan fingerprint density at radius 3 is 2.63 bits per heavy atom. The third-order valence-electron chi connectivity index (χ3n) is 12.3. The summed E-state index contributed by atoms with van der Waals surface area (Å²) in [4.78, 5) is 47.1. The van der Waals surface area contributed by atoms with Crippen LogP contribution in [0.5, 0.6) is 11.5 Å². The van der Waals surface area contributed by atoms with Gasteiger partial charge in [-0.2, -0.15) is 0 Å². The molecule has 2 saturated heterocycles. The molecule has 4 N–H and O–H groups in total. The number of phenolic OH excluding ortho intramolecular Hbond substituents is 1. The number of morpholine rings is 1. The average Bonchev–Trinajstić information content (AvgIpc) is 3.97. The Kier molecular flexibility index (Phi) is 14.9. The van der Waals surface area contributed by atoms with Gasteiger partial charge in [0.2, 0.25) is 5.91 Å². The number of aromatic nitrogens is 1. The molecule has 3 amide bonds. The van der Waals surface area contributed by atoms with E-state index in [-0.39, 0.29) is 41.8 Å². The number of carbonyl (C=O) groups excluding carboxylic acids is 3. The van der Waals surface area contributed by atoms with Crippen LogP contribution >= 0.6 is 11.3 Å². The fourth-order valence-electron chi connectivity index (χ4n) is 8.87. The number of nitrogens with zero attached hydrogens (tertiary/aromatic N) is 3. The van der Waals surface area contributed by atoms with E-state index in [0.29, 0.717) is 87.7 Å². The van der Waals surface area contributed by atoms with Crippen molar-refractivity contribution in [1.82, 2.24) is 25.4 Å². The molecule has 7 rings (SSSR count). The number of piperidine rings is 1. The lowest BCUT2D eigenvalue weighted by Crippen LogP contribution is -2.58. The Hall–Kier alpha value is -4.08. The predicted octanol–water partition coefficient (Wildman–Crippen LogP) is 5.31. The monoisotopic (exact) mass is 830 g/mol. The first-order valence-corrected chi connectivity index (χ1v) is 22.6. The predicted molar refractivity (Wildman–Crippen MR) is 228 cm³/mol. The smallest absolute Gasteiger partial charge is 0.273 e. The Morgan fingerprint density at radius 1 is 1.05 bits per heavy atom. The molecule has 4 heterocycles. The highest BCUT2D eigenvalue weighted by Crippen LogP contribution is 2.39. The van der Waals surface area contributed by atoms with Gasteiger partial charge in [-0.25, -0.2) is 4.98 Å². The molecule has 13 nitrogen and oxygen atoms in total. The van der Waals surface area contributed by atoms with Crippen molar-refractivity contribution in [3.63, 3.8) is 0 Å². The summed E-state index contributed by atoms with van der Waals surface area (Å²) in [5, 5.41) is 22.1. The third kappa shape index (κ3) is 11.6. The molecule has 3 aromatic rings. The van der Waals surface area contributed by atoms with Crippen LogP contribution in [0.25, 0.3) is 0 Å². The van der Waals surface area contributed by atoms with E-state index in [1.165, 1.54) is 24.0 Å². The van der Waals surface area contributed by atoms with E-state index in [4.69, 9.17) is 14.2 Å². The van der Waals surface area contributed by atoms with Crippen molar-refractivity contribution in [2.75, 3.05) is 77.5 Å². The van der Waals surface area contributed by atoms with Gasteiger partial charge < -0.3 is 45.1 Å². The molecular weight excluding hydrogens is 769 g/mol. The van der Waals surface area contributed by atoms with Gasteiger partial charge in [-0.05, 0) is 80.2 Å². The Labute approximate surface area is 352 Å². The van der Waals surface area contributed by atoms with Crippen molar-refractivity contribution in [2.45, 2.75) is 95.7 Å². The molecule has 59 heavy (non-hydrogen) atoms. The first-order chi connectivity index (χ1) is 28.6. The summed E-state index contributed by atoms with van der Waals surface area (Å²) < 4.78 is 18.4. The summed E-state index contributed by atoms with van der Waals surface area (Å²) in [5.74, 6) is 0.992. The van der Waals surface area contributed by atoms with Crippen molar-refractivity contribution in [3.8, 4) is 11.5 Å². The number of amides is 3. The van der Waals surface area contributed by atoms with E-state index in [2.05, 4.69) is 63.9 Å². The largest absolute Gasteiger partial charge is 0.506 e. The lowest BCUT2D eigenvalue weighted by atomic mass is 9.89. The van der Waals surface area contributed by atoms with Gasteiger partial charge >= 0.3 is 0 Å². The minimum Gasteiger partial charge on any atom is -0.506 e. The number of hydrogen-bond donors (Lipinski definition) is 4. The maximum atomic E-state index is 13.3. The van der Waals surface area contributed by atoms with Crippen LogP contribution in [-0.2, 0) is 38.3 Å². The van der Waals surface area contributed by atoms with Crippen molar-refractivity contribution >= 4 is 34.7 Å². The lowest BCUT2D eigenvalue weighted by Gasteiger charge is -2.47. The molecule has 0 bridgehead atoms. The second-order valence-corrected chi connectivity index (χ2v) is 17.8. The van der Waals surface area contributed by atoms with Gasteiger partial charge in [-0.1, -0.05) is 57.0 Å². The summed E-state index contributed by atoms with van der Waals surface area (Å²) in [6, 6.07) is 12.2. The SMILES string of the molecule is CC(C)c1nc(C(=O)N2CCOC3(CCN(CCc4cccc(CCOC(CC(=O)NCCNCCc5ccc(O)c6c5OCC(=O)N6)C5CCCC5)c4)CC3)C2)cs1. The van der Waals surface area contributed by atoms with Crippen LogP contribution in [0.1, 0.15) is 96.9 Å². The molecule has 1 aromatic heterocycles. The topological polar surface area (TPSA) is 155 Å². The van der Waals surface area contributed by atoms with Gasteiger partial charge in [0.15, 0.2) is 12.4 Å². The maximum absolute atomic E-state index is 13.3. The van der Waals surface area contributed by atoms with Gasteiger partial charge in [-0.15, -0.1) is 11.3 Å². The molecule has 1 spiro atoms. The third-order valence-corrected chi connectivity index (χ3v) is 13.5. The molecule has 1 atom stereocenters. The van der Waals surface area contributed by atoms with Gasteiger partial charge in [0.05, 0.1) is 42.9 Å². The molecule has 1 saturated carbocycles. The number of rotatable bonds is 18. The average molecular weight is 831 g/mol. The van der Waals surface area contributed by atoms with Crippen LogP contribution in [0, 0.1) is 5.92 Å². The highest BCUT2D eigenvalue weighted by molar-refractivity contribution is 7.09. The molecule has 14 heteroatoms. The number of nitrogens with one attached hydrogen (secondary N) is 3. The minimum absolute atomic E-state index is 0.0106. The number of aromatic hydroxyl groups is 1. The quantitative estimate of drug-likeness (QED) is 0.0981. The van der Waals surface area contributed by atoms with Crippen LogP contribution in [0.3, 0.4) is 0 Å². The highest BCUT2D eigenvalue weighted by Gasteiger charge is 2.41. The summed E-state index contributed by atoms with van der Waals surface area (Å²) in [6.07, 6.45) is 9.15. The molecule has 4 aliphatic rings. The number of ether oxygens (including phenoxy) is 3. The van der Waals surface area contributed by atoms with Crippen LogP contribution in [0.15, 0.2) is 41.8 Å². The number of benzene rings is 2. The second kappa shape index (κ2) is 20.5. The maximum Gasteiger partial charge on any atom is 0.273 e. The van der Waals surface area contributed by atoms with Crippen molar-refractivity contribution in [1.29, 1.82) is 0 Å². The Balaban J connectivity index is 0.799. The molecule has 1 unspecified atom stereocenters. The number of hydrogen-bond acceptors (Lipinski definition) is 11. The Bertz CT molecular complexity index is 1890. The van der Waals surface area contributed by atoms with E-state index in [1.54, 1.807) is 23.5 Å². The standard InChI is InChI=1S/C45H62N6O7S/c1-31(2)43-48-36(29-59-43)44(55)51-23-25-58-45(30-51)15-21-50(22-16-45)20-13-32-6-5-7-33(26-32)14-24-56-38(34-8-3-4-9-34)27-39(53)47-19-18-46-17-12-35-10-11-37(52)41-42(35)57-28-40(54)49-41/h5-7,10-11,26,29,31,34,38,46,52H,3-4,8-9,12-25,27-28,30H2,1-2H3,(H,47,53)(H,49,54). The molecule has 3 aliphatic heterocycles. The molecule has 1 aliphatic carbocycles. The normalized spacial score (nSPS) is 18.8. The number of thiazole rings is 1. The zero-order valence-corrected chi connectivity index (χ0v) is 35.6. The first kappa shape index (κ1) is 43.0. The summed E-state index contributed by atoms with van der Waals surface area (Å²) in [5.41, 5.74) is 4.09. The molecule has 320 valence electrons. The van der Waals surface area contributed by atoms with Crippen molar-refractivity contribution in [2.24, 2.45) is 5.92 Å². The Morgan fingerprint density at radius 2 is 1.85 bits per heavy atom. The van der Waals surface area contributed by atoms with E-state index < -0.39 is 0 Å². The first-order valence-electron chi connectivity index (χ1n) is 21.7. The van der Waals surface area contributed by atoms with Gasteiger partial charge in [0.1, 0.15) is 17.1 Å². The summed E-state index contributed by atoms with van der Waals surface area (Å²) >= 11 is 1.57. The highest BCUT2D eigenvalue weighted by atomic mass is 32.1. The van der Waals surface area contributed by atoms with E-state index >= 15 is 0 Å². The molecule has 2 aromatic carbocycles. The van der Waals surface area contributed by atoms with Crippen LogP contribution in [0.2, 0.25) is 0 Å². The van der Waals surface area contributed by atoms with Crippen LogP contribution in [-0.4, -0.2) is 121 Å². The van der Waals surface area contributed by atoms with E-state index in [9.17, 15) is 19.5 Å². The van der Waals surface area contributed by atoms with Crippen LogP contribution in [0.4, 0.5) is 5.69 Å². The molecular formula is C45H62N6O7S. The van der Waals surface area contributed by atoms with Crippen LogP contribution < -0.4 is 20.7 Å². The number of fused-ring (bicyclic) bond motifs is 1. The fraction of sp³-hybridized carbons (Fsp3) is 0.600. The summed E-state index contributed by atoms with van der Waals surface area (Å²) in [6.45, 7) is 11.2. The fourth-order valence-corrected chi connectivity index (χ4v) is 9.68. The van der Waals surface area contributed by atoms with Crippen molar-refractivity contribution in [3.05, 3.63) is 69.2 Å². The number of carbonyl (C=O) groups is 3. The second-order valence-electron chi connectivity index (χ2n) is 16.9. The van der Waals surface area contributed by atoms with Gasteiger partial charge in [0.25, 0.3) is 11.8 Å². The number of phenols is 1. The van der Waals surface area contributed by atoms with Crippen molar-refractivity contribution < 1.29 is 33.7 Å². The molecule has 0 radical (unpaired) electrons. The lowest BCUT2D eigenvalue weighted by molar-refractivity contribution is -0.127. The number of anilines is 1. The number of likely N-dealkylation sites (tertiary alicyclic amines) is 1. The van der Waals surface area contributed by atoms with E-state index in [0.717, 1.165) is 68.7 Å². The summed E-state index contributed by atoms with van der Waals surface area (Å²) in [7, 11) is 0. The molecule has 3 fully saturated rings. The van der Waals surface area contributed by atoms with Gasteiger partial charge in [-0.3, -0.25) is 14.4 Å². The minimum atomic E-state index is -0.285. The van der Waals surface area contributed by atoms with Gasteiger partial charge in [0, 0.05) is 50.6 Å². The van der Waals surface area contributed by atoms with E-state index in [1.807, 2.05) is 10.3 Å². The zero-order valence-electron chi connectivity index (χ0n) is 34.8. The zero-order chi connectivity index (χ0) is 41.2.